The molecule has 2 heterocycles. The van der Waals surface area contributed by atoms with E-state index in [2.05, 4.69) is 20.1 Å². The second-order valence-corrected chi connectivity index (χ2v) is 7.15. The van der Waals surface area contributed by atoms with Crippen LogP contribution in [0, 0.1) is 5.92 Å². The average Bonchev–Trinajstić information content (AvgIpc) is 3.19. The predicted octanol–water partition coefficient (Wildman–Crippen LogP) is 2.84. The molecule has 0 bridgehead atoms. The monoisotopic (exact) mass is 408 g/mol. The third-order valence-corrected chi connectivity index (χ3v) is 5.03. The molecule has 29 heavy (non-hydrogen) atoms. The van der Waals surface area contributed by atoms with E-state index in [1.807, 2.05) is 6.92 Å². The number of nitrogens with zero attached hydrogens (tertiary/aromatic N) is 3. The lowest BCUT2D eigenvalue weighted by molar-refractivity contribution is -0.274. The number of alkyl halides is 3. The van der Waals surface area contributed by atoms with Crippen molar-refractivity contribution >= 4 is 11.5 Å². The summed E-state index contributed by atoms with van der Waals surface area (Å²) in [7, 11) is 0. The molecule has 1 aromatic carbocycles. The molecule has 3 N–H and O–H groups in total. The predicted molar refractivity (Wildman–Crippen MR) is 98.3 cm³/mol. The molecule has 0 spiro atoms. The van der Waals surface area contributed by atoms with Gasteiger partial charge in [0, 0.05) is 17.8 Å². The summed E-state index contributed by atoms with van der Waals surface area (Å²) in [6.45, 7) is 1.86. The van der Waals surface area contributed by atoms with Crippen LogP contribution in [0.25, 0.3) is 16.9 Å². The third-order valence-electron chi connectivity index (χ3n) is 5.03. The zero-order chi connectivity index (χ0) is 20.8. The van der Waals surface area contributed by atoms with Crippen LogP contribution < -0.4 is 10.1 Å². The van der Waals surface area contributed by atoms with E-state index in [4.69, 9.17) is 0 Å². The van der Waals surface area contributed by atoms with E-state index >= 15 is 0 Å². The molecular weight excluding hydrogens is 389 g/mol. The number of hydrogen-bond donors (Lipinski definition) is 3. The first-order chi connectivity index (χ1) is 13.7. The Labute approximate surface area is 163 Å². The molecule has 1 aliphatic rings. The van der Waals surface area contributed by atoms with E-state index in [1.165, 1.54) is 22.7 Å². The normalized spacial score (nSPS) is 24.8. The van der Waals surface area contributed by atoms with Crippen LogP contribution in [-0.2, 0) is 0 Å². The SMILES string of the molecule is C[C@@H]1C[C@@H](Nc2ccnc3cc(-c4cccc(OC(F)(F)F)c4)nn23)[C@H](O)[C@@H]1O. The Bertz CT molecular complexity index is 1020. The largest absolute Gasteiger partial charge is 0.573 e. The lowest BCUT2D eigenvalue weighted by atomic mass is 10.1. The Hall–Kier alpha value is -2.85. The van der Waals surface area contributed by atoms with Crippen LogP contribution in [0.5, 0.6) is 5.75 Å². The van der Waals surface area contributed by atoms with Gasteiger partial charge in [0.25, 0.3) is 0 Å². The van der Waals surface area contributed by atoms with Gasteiger partial charge in [0.05, 0.1) is 17.8 Å². The minimum absolute atomic E-state index is 0.0515. The maximum atomic E-state index is 12.5. The molecule has 7 nitrogen and oxygen atoms in total. The summed E-state index contributed by atoms with van der Waals surface area (Å²) in [4.78, 5) is 4.23. The molecule has 0 unspecified atom stereocenters. The molecule has 0 amide bonds. The Morgan fingerprint density at radius 3 is 2.66 bits per heavy atom. The summed E-state index contributed by atoms with van der Waals surface area (Å²) in [5.74, 6) is 0.161. The van der Waals surface area contributed by atoms with Crippen molar-refractivity contribution < 1.29 is 28.1 Å². The standard InChI is InChI=1S/C19H19F3N4O3/c1-10-7-14(18(28)17(10)27)24-15-5-6-23-16-9-13(25-26(15)16)11-3-2-4-12(8-11)29-19(20,21)22/h2-6,8-10,14,17-18,24,27-28H,7H2,1H3/t10-,14-,17-,18+/m1/s1. The molecule has 10 heteroatoms. The topological polar surface area (TPSA) is 91.9 Å². The number of aliphatic hydroxyl groups is 2. The Balaban J connectivity index is 1.64. The number of benzene rings is 1. The highest BCUT2D eigenvalue weighted by atomic mass is 19.4. The molecule has 2 aromatic heterocycles. The van der Waals surface area contributed by atoms with Crippen LogP contribution in [0.4, 0.5) is 19.0 Å². The van der Waals surface area contributed by atoms with Crippen molar-refractivity contribution in [1.29, 1.82) is 0 Å². The van der Waals surface area contributed by atoms with Crippen LogP contribution in [0.1, 0.15) is 13.3 Å². The van der Waals surface area contributed by atoms with Gasteiger partial charge < -0.3 is 20.3 Å². The van der Waals surface area contributed by atoms with E-state index in [1.54, 1.807) is 24.4 Å². The van der Waals surface area contributed by atoms with E-state index in [9.17, 15) is 23.4 Å². The van der Waals surface area contributed by atoms with Crippen molar-refractivity contribution in [1.82, 2.24) is 14.6 Å². The fourth-order valence-electron chi connectivity index (χ4n) is 3.59. The second kappa shape index (κ2) is 7.20. The maximum Gasteiger partial charge on any atom is 0.573 e. The van der Waals surface area contributed by atoms with Crippen molar-refractivity contribution in [2.75, 3.05) is 5.32 Å². The van der Waals surface area contributed by atoms with Gasteiger partial charge in [-0.2, -0.15) is 9.61 Å². The molecular formula is C19H19F3N4O3. The van der Waals surface area contributed by atoms with Gasteiger partial charge >= 0.3 is 6.36 Å². The van der Waals surface area contributed by atoms with E-state index < -0.39 is 18.6 Å². The van der Waals surface area contributed by atoms with Gasteiger partial charge in [-0.3, -0.25) is 0 Å². The number of rotatable bonds is 4. The highest BCUT2D eigenvalue weighted by molar-refractivity contribution is 5.66. The summed E-state index contributed by atoms with van der Waals surface area (Å²) in [5.41, 5.74) is 1.33. The van der Waals surface area contributed by atoms with Crippen LogP contribution in [0.3, 0.4) is 0 Å². The van der Waals surface area contributed by atoms with Crippen molar-refractivity contribution in [2.24, 2.45) is 5.92 Å². The summed E-state index contributed by atoms with van der Waals surface area (Å²) in [5, 5.41) is 27.8. The smallest absolute Gasteiger partial charge is 0.406 e. The Morgan fingerprint density at radius 2 is 1.97 bits per heavy atom. The van der Waals surface area contributed by atoms with Crippen molar-refractivity contribution in [3.63, 3.8) is 0 Å². The summed E-state index contributed by atoms with van der Waals surface area (Å²) in [6, 6.07) is 8.49. The molecule has 4 atom stereocenters. The summed E-state index contributed by atoms with van der Waals surface area (Å²) in [6.07, 6.45) is -4.36. The quantitative estimate of drug-likeness (QED) is 0.615. The highest BCUT2D eigenvalue weighted by Gasteiger charge is 2.39. The number of anilines is 1. The van der Waals surface area contributed by atoms with Gasteiger partial charge in [-0.1, -0.05) is 19.1 Å². The zero-order valence-electron chi connectivity index (χ0n) is 15.3. The molecule has 1 aliphatic carbocycles. The number of nitrogens with one attached hydrogen (secondary N) is 1. The van der Waals surface area contributed by atoms with E-state index in [0.29, 0.717) is 29.1 Å². The van der Waals surface area contributed by atoms with Gasteiger partial charge in [-0.15, -0.1) is 13.2 Å². The number of aromatic nitrogens is 3. The Kier molecular flexibility index (Phi) is 4.83. The lowest BCUT2D eigenvalue weighted by Crippen LogP contribution is -2.35. The fourth-order valence-corrected chi connectivity index (χ4v) is 3.59. The molecule has 0 saturated heterocycles. The minimum atomic E-state index is -4.78. The molecule has 0 radical (unpaired) electrons. The maximum absolute atomic E-state index is 12.5. The first kappa shape index (κ1) is 19.5. The molecule has 0 aliphatic heterocycles. The van der Waals surface area contributed by atoms with Crippen molar-refractivity contribution in [3.05, 3.63) is 42.6 Å². The summed E-state index contributed by atoms with van der Waals surface area (Å²) < 4.78 is 42.9. The fraction of sp³-hybridized carbons (Fsp3) is 0.368. The van der Waals surface area contributed by atoms with Gasteiger partial charge in [0.2, 0.25) is 0 Å². The minimum Gasteiger partial charge on any atom is -0.406 e. The van der Waals surface area contributed by atoms with Crippen LogP contribution in [0.15, 0.2) is 42.6 Å². The van der Waals surface area contributed by atoms with Gasteiger partial charge in [0.15, 0.2) is 5.65 Å². The van der Waals surface area contributed by atoms with Gasteiger partial charge in [-0.25, -0.2) is 4.98 Å². The average molecular weight is 408 g/mol. The zero-order valence-corrected chi connectivity index (χ0v) is 15.3. The molecule has 154 valence electrons. The second-order valence-electron chi connectivity index (χ2n) is 7.15. The first-order valence-electron chi connectivity index (χ1n) is 9.05. The molecule has 4 rings (SSSR count). The number of halogens is 3. The van der Waals surface area contributed by atoms with Crippen molar-refractivity contribution in [3.8, 4) is 17.0 Å². The number of ether oxygens (including phenoxy) is 1. The van der Waals surface area contributed by atoms with Crippen LogP contribution in [-0.4, -0.2) is 49.4 Å². The molecule has 3 aromatic rings. The number of hydrogen-bond acceptors (Lipinski definition) is 6. The lowest BCUT2D eigenvalue weighted by Gasteiger charge is -2.19. The third kappa shape index (κ3) is 3.99. The van der Waals surface area contributed by atoms with E-state index in [0.717, 1.165) is 0 Å². The van der Waals surface area contributed by atoms with Gasteiger partial charge in [0.1, 0.15) is 17.7 Å². The molecule has 1 saturated carbocycles. The first-order valence-corrected chi connectivity index (χ1v) is 9.05. The Morgan fingerprint density at radius 1 is 1.17 bits per heavy atom. The van der Waals surface area contributed by atoms with Crippen LogP contribution >= 0.6 is 0 Å². The number of fused-ring (bicyclic) bond motifs is 1. The van der Waals surface area contributed by atoms with Crippen LogP contribution in [0.2, 0.25) is 0 Å². The van der Waals surface area contributed by atoms with Crippen molar-refractivity contribution in [2.45, 2.75) is 38.0 Å². The summed E-state index contributed by atoms with van der Waals surface area (Å²) >= 11 is 0. The van der Waals surface area contributed by atoms with E-state index in [-0.39, 0.29) is 17.7 Å². The van der Waals surface area contributed by atoms with Gasteiger partial charge in [-0.05, 0) is 30.5 Å². The highest BCUT2D eigenvalue weighted by Crippen LogP contribution is 2.30. The number of aliphatic hydroxyl groups excluding tert-OH is 2. The molecule has 1 fully saturated rings.